The maximum atomic E-state index is 12.4. The molecule has 34 heavy (non-hydrogen) atoms. The van der Waals surface area contributed by atoms with Gasteiger partial charge in [0.15, 0.2) is 5.16 Å². The average molecular weight is 479 g/mol. The Morgan fingerprint density at radius 3 is 2.74 bits per heavy atom. The molecule has 3 aromatic carbocycles. The molecule has 176 valence electrons. The first-order chi connectivity index (χ1) is 16.5. The molecule has 8 nitrogen and oxygen atoms in total. The number of thioether (sulfide) groups is 1. The van der Waals surface area contributed by atoms with Crippen LogP contribution in [0.4, 0.5) is 0 Å². The third kappa shape index (κ3) is 4.79. The predicted molar refractivity (Wildman–Crippen MR) is 135 cm³/mol. The van der Waals surface area contributed by atoms with Gasteiger partial charge in [-0.05, 0) is 37.3 Å². The zero-order valence-electron chi connectivity index (χ0n) is 19.5. The Balaban J connectivity index is 1.44. The second-order valence-electron chi connectivity index (χ2n) is 7.36. The van der Waals surface area contributed by atoms with Gasteiger partial charge in [0.2, 0.25) is 0 Å². The molecule has 1 N–H and O–H groups in total. The summed E-state index contributed by atoms with van der Waals surface area (Å²) in [5.74, 6) is 2.17. The van der Waals surface area contributed by atoms with E-state index in [1.54, 1.807) is 20.4 Å². The van der Waals surface area contributed by atoms with Crippen molar-refractivity contribution < 1.29 is 19.0 Å². The monoisotopic (exact) mass is 478 g/mol. The van der Waals surface area contributed by atoms with Gasteiger partial charge >= 0.3 is 0 Å². The van der Waals surface area contributed by atoms with Crippen LogP contribution in [0.3, 0.4) is 0 Å². The standard InChI is InChI=1S/C25H26N4O4S/c1-5-33-17-10-11-20-19(13-17)27-25(29(20)2)34-15-23(30)28-26-14-16-9-12-21(31-3)18-7-6-8-22(32-4)24(16)18/h6-14H,5,15H2,1-4H3,(H,28,30)/b26-14+. The number of methoxy groups -OCH3 is 2. The van der Waals surface area contributed by atoms with E-state index in [1.165, 1.54) is 11.8 Å². The molecule has 0 saturated heterocycles. The van der Waals surface area contributed by atoms with Crippen LogP contribution in [-0.4, -0.2) is 48.3 Å². The van der Waals surface area contributed by atoms with E-state index in [0.717, 1.165) is 44.0 Å². The van der Waals surface area contributed by atoms with Crippen molar-refractivity contribution in [2.45, 2.75) is 12.1 Å². The Morgan fingerprint density at radius 2 is 1.97 bits per heavy atom. The van der Waals surface area contributed by atoms with Crippen molar-refractivity contribution in [1.29, 1.82) is 0 Å². The molecule has 0 aliphatic carbocycles. The van der Waals surface area contributed by atoms with E-state index in [1.807, 2.05) is 67.1 Å². The fourth-order valence-electron chi connectivity index (χ4n) is 3.71. The molecule has 0 aliphatic heterocycles. The second-order valence-corrected chi connectivity index (χ2v) is 8.30. The van der Waals surface area contributed by atoms with Crippen LogP contribution < -0.4 is 19.6 Å². The van der Waals surface area contributed by atoms with E-state index in [2.05, 4.69) is 15.5 Å². The Kier molecular flexibility index (Phi) is 7.22. The fraction of sp³-hybridized carbons (Fsp3) is 0.240. The topological polar surface area (TPSA) is 87.0 Å². The van der Waals surface area contributed by atoms with Crippen molar-refractivity contribution in [2.24, 2.45) is 12.1 Å². The van der Waals surface area contributed by atoms with Gasteiger partial charge in [-0.25, -0.2) is 10.4 Å². The van der Waals surface area contributed by atoms with Gasteiger partial charge in [0, 0.05) is 29.4 Å². The molecule has 0 saturated carbocycles. The maximum Gasteiger partial charge on any atom is 0.250 e. The molecule has 4 rings (SSSR count). The second kappa shape index (κ2) is 10.5. The Hall–Kier alpha value is -3.72. The zero-order valence-corrected chi connectivity index (χ0v) is 20.3. The number of carbonyl (C=O) groups excluding carboxylic acids is 1. The van der Waals surface area contributed by atoms with Crippen molar-refractivity contribution in [1.82, 2.24) is 15.0 Å². The molecule has 1 amide bonds. The SMILES string of the molecule is CCOc1ccc2c(c1)nc(SCC(=O)N/N=C/c1ccc(OC)c3cccc(OC)c13)n2C. The number of imidazole rings is 1. The summed E-state index contributed by atoms with van der Waals surface area (Å²) >= 11 is 1.35. The minimum Gasteiger partial charge on any atom is -0.496 e. The summed E-state index contributed by atoms with van der Waals surface area (Å²) in [6.07, 6.45) is 1.61. The van der Waals surface area contributed by atoms with Crippen LogP contribution in [-0.2, 0) is 11.8 Å². The van der Waals surface area contributed by atoms with Crippen molar-refractivity contribution >= 4 is 45.7 Å². The minimum absolute atomic E-state index is 0.180. The lowest BCUT2D eigenvalue weighted by atomic mass is 10.0. The molecule has 0 bridgehead atoms. The van der Waals surface area contributed by atoms with E-state index in [9.17, 15) is 4.79 Å². The predicted octanol–water partition coefficient (Wildman–Crippen LogP) is 4.38. The number of benzene rings is 3. The summed E-state index contributed by atoms with van der Waals surface area (Å²) < 4.78 is 18.5. The summed E-state index contributed by atoms with van der Waals surface area (Å²) in [7, 11) is 5.17. The lowest BCUT2D eigenvalue weighted by Gasteiger charge is -2.11. The highest BCUT2D eigenvalue weighted by Gasteiger charge is 2.12. The molecule has 0 aliphatic rings. The van der Waals surface area contributed by atoms with E-state index < -0.39 is 0 Å². The van der Waals surface area contributed by atoms with Gasteiger partial charge in [0.1, 0.15) is 17.2 Å². The number of aromatic nitrogens is 2. The van der Waals surface area contributed by atoms with E-state index >= 15 is 0 Å². The van der Waals surface area contributed by atoms with E-state index in [0.29, 0.717) is 12.4 Å². The molecule has 1 heterocycles. The molecule has 0 spiro atoms. The maximum absolute atomic E-state index is 12.4. The van der Waals surface area contributed by atoms with Crippen LogP contribution in [0.5, 0.6) is 17.2 Å². The van der Waals surface area contributed by atoms with Crippen molar-refractivity contribution in [3.63, 3.8) is 0 Å². The number of rotatable bonds is 9. The van der Waals surface area contributed by atoms with Gasteiger partial charge in [-0.15, -0.1) is 0 Å². The van der Waals surface area contributed by atoms with Crippen molar-refractivity contribution in [3.05, 3.63) is 54.1 Å². The smallest absolute Gasteiger partial charge is 0.250 e. The number of fused-ring (bicyclic) bond motifs is 2. The Bertz CT molecular complexity index is 1370. The Morgan fingerprint density at radius 1 is 1.15 bits per heavy atom. The molecular weight excluding hydrogens is 452 g/mol. The first-order valence-corrected chi connectivity index (χ1v) is 11.7. The van der Waals surface area contributed by atoms with Gasteiger partial charge in [-0.2, -0.15) is 5.10 Å². The zero-order chi connectivity index (χ0) is 24.1. The molecule has 0 unspecified atom stereocenters. The number of hydrogen-bond donors (Lipinski definition) is 1. The van der Waals surface area contributed by atoms with Gasteiger partial charge < -0.3 is 18.8 Å². The molecular formula is C25H26N4O4S. The van der Waals surface area contributed by atoms with Gasteiger partial charge in [-0.1, -0.05) is 23.9 Å². The molecule has 0 atom stereocenters. The Labute approximate surface area is 201 Å². The summed E-state index contributed by atoms with van der Waals surface area (Å²) in [6, 6.07) is 15.3. The third-order valence-electron chi connectivity index (χ3n) is 5.28. The van der Waals surface area contributed by atoms with Gasteiger partial charge in [0.25, 0.3) is 5.91 Å². The van der Waals surface area contributed by atoms with Gasteiger partial charge in [-0.3, -0.25) is 4.79 Å². The minimum atomic E-state index is -0.229. The fourth-order valence-corrected chi connectivity index (χ4v) is 4.49. The van der Waals surface area contributed by atoms with Crippen LogP contribution in [0.15, 0.2) is 58.8 Å². The number of nitrogens with zero attached hydrogens (tertiary/aromatic N) is 3. The van der Waals surface area contributed by atoms with Gasteiger partial charge in [0.05, 0.1) is 43.8 Å². The largest absolute Gasteiger partial charge is 0.496 e. The summed E-state index contributed by atoms with van der Waals surface area (Å²) in [4.78, 5) is 17.0. The van der Waals surface area contributed by atoms with Crippen molar-refractivity contribution in [3.8, 4) is 17.2 Å². The lowest BCUT2D eigenvalue weighted by molar-refractivity contribution is -0.118. The number of aryl methyl sites for hydroxylation is 1. The highest BCUT2D eigenvalue weighted by atomic mass is 32.2. The highest BCUT2D eigenvalue weighted by molar-refractivity contribution is 7.99. The number of ether oxygens (including phenoxy) is 3. The molecule has 1 aromatic heterocycles. The number of hydrogen-bond acceptors (Lipinski definition) is 7. The van der Waals surface area contributed by atoms with Crippen LogP contribution in [0.1, 0.15) is 12.5 Å². The quantitative estimate of drug-likeness (QED) is 0.218. The van der Waals surface area contributed by atoms with Crippen LogP contribution in [0, 0.1) is 0 Å². The molecule has 4 aromatic rings. The summed E-state index contributed by atoms with van der Waals surface area (Å²) in [5.41, 5.74) is 5.20. The van der Waals surface area contributed by atoms with E-state index in [4.69, 9.17) is 14.2 Å². The number of nitrogens with one attached hydrogen (secondary N) is 1. The molecule has 0 fully saturated rings. The number of carbonyl (C=O) groups is 1. The number of amides is 1. The number of hydrazone groups is 1. The van der Waals surface area contributed by atoms with Crippen LogP contribution >= 0.6 is 11.8 Å². The average Bonchev–Trinajstić information content (AvgIpc) is 3.17. The van der Waals surface area contributed by atoms with E-state index in [-0.39, 0.29) is 11.7 Å². The summed E-state index contributed by atoms with van der Waals surface area (Å²) in [5, 5.41) is 6.67. The molecule has 9 heteroatoms. The normalized spacial score (nSPS) is 11.3. The van der Waals surface area contributed by atoms with Crippen molar-refractivity contribution in [2.75, 3.05) is 26.6 Å². The van der Waals surface area contributed by atoms with Crippen LogP contribution in [0.2, 0.25) is 0 Å². The first kappa shape index (κ1) is 23.4. The lowest BCUT2D eigenvalue weighted by Crippen LogP contribution is -2.19. The molecule has 0 radical (unpaired) electrons. The summed E-state index contributed by atoms with van der Waals surface area (Å²) in [6.45, 7) is 2.54. The third-order valence-corrected chi connectivity index (χ3v) is 6.31. The highest BCUT2D eigenvalue weighted by Crippen LogP contribution is 2.34. The first-order valence-electron chi connectivity index (χ1n) is 10.7. The van der Waals surface area contributed by atoms with Crippen LogP contribution in [0.25, 0.3) is 21.8 Å².